The molecule has 1 saturated heterocycles. The molecule has 194 valence electrons. The van der Waals surface area contributed by atoms with Crippen molar-refractivity contribution in [1.29, 1.82) is 0 Å². The van der Waals surface area contributed by atoms with Gasteiger partial charge in [-0.05, 0) is 54.0 Å². The molecule has 1 aliphatic heterocycles. The molecule has 0 unspecified atom stereocenters. The molecule has 3 nitrogen and oxygen atoms in total. The summed E-state index contributed by atoms with van der Waals surface area (Å²) in [6.45, 7) is 3.52. The maximum absolute atomic E-state index is 15.1. The van der Waals surface area contributed by atoms with E-state index in [0.717, 1.165) is 18.4 Å². The van der Waals surface area contributed by atoms with Crippen LogP contribution in [-0.2, 0) is 33.2 Å². The summed E-state index contributed by atoms with van der Waals surface area (Å²) >= 11 is 0. The van der Waals surface area contributed by atoms with Crippen molar-refractivity contribution >= 4 is 10.8 Å². The molecule has 4 rings (SSSR count). The molecule has 0 aliphatic carbocycles. The van der Waals surface area contributed by atoms with Gasteiger partial charge in [0.25, 0.3) is 0 Å². The van der Waals surface area contributed by atoms with Crippen molar-refractivity contribution in [2.75, 3.05) is 19.8 Å². The van der Waals surface area contributed by atoms with Crippen LogP contribution in [0, 0.1) is 17.5 Å². The van der Waals surface area contributed by atoms with E-state index in [1.165, 1.54) is 0 Å². The number of aryl methyl sites for hydroxylation is 2. The lowest BCUT2D eigenvalue weighted by atomic mass is 9.98. The van der Waals surface area contributed by atoms with Crippen LogP contribution >= 0.6 is 0 Å². The molecule has 0 aromatic heterocycles. The number of unbranched alkanes of at least 4 members (excludes halogenated alkanes) is 1. The number of rotatable bonds is 8. The molecule has 1 heterocycles. The van der Waals surface area contributed by atoms with E-state index in [1.807, 2.05) is 0 Å². The summed E-state index contributed by atoms with van der Waals surface area (Å²) in [4.78, 5) is 0. The molecular weight excluding hydrogens is 486 g/mol. The predicted molar refractivity (Wildman–Crippen MR) is 122 cm³/mol. The fraction of sp³-hybridized carbons (Fsp3) is 0.407. The molecule has 9 heteroatoms. The van der Waals surface area contributed by atoms with Gasteiger partial charge < -0.3 is 14.2 Å². The highest BCUT2D eigenvalue weighted by atomic mass is 19.4. The lowest BCUT2D eigenvalue weighted by Crippen LogP contribution is -2.33. The Morgan fingerprint density at radius 2 is 1.61 bits per heavy atom. The first-order valence-corrected chi connectivity index (χ1v) is 11.8. The molecule has 3 aromatic rings. The van der Waals surface area contributed by atoms with Crippen LogP contribution in [0.15, 0.2) is 42.5 Å². The smallest absolute Gasteiger partial charge is 0.373 e. The third-order valence-corrected chi connectivity index (χ3v) is 6.12. The van der Waals surface area contributed by atoms with E-state index in [1.54, 1.807) is 30.3 Å². The van der Waals surface area contributed by atoms with Crippen LogP contribution < -0.4 is 0 Å². The van der Waals surface area contributed by atoms with Gasteiger partial charge in [0.05, 0.1) is 13.2 Å². The van der Waals surface area contributed by atoms with Crippen LogP contribution in [0.4, 0.5) is 26.3 Å². The van der Waals surface area contributed by atoms with E-state index in [4.69, 9.17) is 14.2 Å². The van der Waals surface area contributed by atoms with E-state index >= 15 is 4.39 Å². The van der Waals surface area contributed by atoms with Crippen molar-refractivity contribution in [3.05, 3.63) is 82.2 Å². The van der Waals surface area contributed by atoms with E-state index in [0.29, 0.717) is 42.7 Å². The minimum atomic E-state index is -5.13. The summed E-state index contributed by atoms with van der Waals surface area (Å²) in [6.07, 6.45) is -3.81. The molecule has 0 amide bonds. The summed E-state index contributed by atoms with van der Waals surface area (Å²) in [7, 11) is 0. The van der Waals surface area contributed by atoms with Gasteiger partial charge in [-0.3, -0.25) is 0 Å². The normalized spacial score (nSPS) is 18.6. The van der Waals surface area contributed by atoms with Crippen molar-refractivity contribution in [2.45, 2.75) is 51.2 Å². The maximum Gasteiger partial charge on any atom is 0.422 e. The lowest BCUT2D eigenvalue weighted by molar-refractivity contribution is -0.230. The first-order chi connectivity index (χ1) is 17.2. The van der Waals surface area contributed by atoms with Gasteiger partial charge in [0.15, 0.2) is 6.29 Å². The molecule has 0 atom stereocenters. The average Bonchev–Trinajstić information content (AvgIpc) is 2.83. The molecule has 36 heavy (non-hydrogen) atoms. The largest absolute Gasteiger partial charge is 0.422 e. The van der Waals surface area contributed by atoms with Gasteiger partial charge in [0.2, 0.25) is 0 Å². The number of fused-ring (bicyclic) bond motifs is 1. The van der Waals surface area contributed by atoms with Gasteiger partial charge in [-0.2, -0.15) is 13.2 Å². The van der Waals surface area contributed by atoms with E-state index in [9.17, 15) is 22.0 Å². The Balaban J connectivity index is 1.43. The van der Waals surface area contributed by atoms with Crippen LogP contribution in [-0.4, -0.2) is 25.9 Å². The number of halogens is 6. The number of hydrogen-bond acceptors (Lipinski definition) is 3. The fourth-order valence-electron chi connectivity index (χ4n) is 4.18. The first-order valence-electron chi connectivity index (χ1n) is 11.8. The van der Waals surface area contributed by atoms with Gasteiger partial charge in [0.1, 0.15) is 29.1 Å². The van der Waals surface area contributed by atoms with Crippen molar-refractivity contribution in [1.82, 2.24) is 0 Å². The second kappa shape index (κ2) is 11.2. The highest BCUT2D eigenvalue weighted by Crippen LogP contribution is 2.34. The highest BCUT2D eigenvalue weighted by molar-refractivity contribution is 5.84. The Morgan fingerprint density at radius 3 is 2.25 bits per heavy atom. The van der Waals surface area contributed by atoms with Crippen LogP contribution in [0.3, 0.4) is 0 Å². The van der Waals surface area contributed by atoms with Gasteiger partial charge in [0, 0.05) is 17.6 Å². The Labute approximate surface area is 205 Å². The third-order valence-electron chi connectivity index (χ3n) is 6.12. The molecule has 0 bridgehead atoms. The van der Waals surface area contributed by atoms with Crippen molar-refractivity contribution in [3.8, 4) is 0 Å². The van der Waals surface area contributed by atoms with Gasteiger partial charge in [-0.15, -0.1) is 0 Å². The summed E-state index contributed by atoms with van der Waals surface area (Å²) in [5.41, 5.74) is -0.897. The first kappa shape index (κ1) is 26.4. The predicted octanol–water partition coefficient (Wildman–Crippen LogP) is 7.29. The quantitative estimate of drug-likeness (QED) is 0.234. The summed E-state index contributed by atoms with van der Waals surface area (Å²) in [5, 5.41) is 0.964. The topological polar surface area (TPSA) is 27.7 Å². The second-order valence-electron chi connectivity index (χ2n) is 8.80. The SMILES string of the molecule is CCCCOC1COC(c2ccc3c(F)c(CCc4cc(F)c(C(F)(F)F)c(F)c4)ccc3c2)OC1. The van der Waals surface area contributed by atoms with Crippen LogP contribution in [0.5, 0.6) is 0 Å². The fourth-order valence-corrected chi connectivity index (χ4v) is 4.18. The van der Waals surface area contributed by atoms with E-state index in [-0.39, 0.29) is 30.1 Å². The number of benzene rings is 3. The van der Waals surface area contributed by atoms with Crippen molar-refractivity contribution in [2.24, 2.45) is 0 Å². The number of alkyl halides is 3. The van der Waals surface area contributed by atoms with Crippen molar-refractivity contribution in [3.63, 3.8) is 0 Å². The highest BCUT2D eigenvalue weighted by Gasteiger charge is 2.37. The maximum atomic E-state index is 15.1. The minimum absolute atomic E-state index is 0.0106. The van der Waals surface area contributed by atoms with Crippen molar-refractivity contribution < 1.29 is 40.6 Å². The summed E-state index contributed by atoms with van der Waals surface area (Å²) in [6, 6.07) is 9.63. The molecule has 1 fully saturated rings. The minimum Gasteiger partial charge on any atom is -0.373 e. The molecule has 1 aliphatic rings. The van der Waals surface area contributed by atoms with Crippen LogP contribution in [0.2, 0.25) is 0 Å². The number of ether oxygens (including phenoxy) is 3. The van der Waals surface area contributed by atoms with E-state index in [2.05, 4.69) is 6.92 Å². The van der Waals surface area contributed by atoms with Gasteiger partial charge >= 0.3 is 6.18 Å². The third kappa shape index (κ3) is 6.02. The standard InChI is InChI=1S/C27H26F6O3/c1-2-3-10-34-20-14-35-26(36-15-20)19-8-9-21-18(13-19)7-6-17(25(21)30)5-4-16-11-22(28)24(23(29)12-16)27(31,32)33/h6-9,11-13,20,26H,2-5,10,14-15H2,1H3. The van der Waals surface area contributed by atoms with Gasteiger partial charge in [-0.25, -0.2) is 13.2 Å². The van der Waals surface area contributed by atoms with E-state index < -0.39 is 35.5 Å². The molecule has 0 radical (unpaired) electrons. The zero-order valence-electron chi connectivity index (χ0n) is 19.6. The Kier molecular flexibility index (Phi) is 8.22. The average molecular weight is 512 g/mol. The Morgan fingerprint density at radius 1 is 0.917 bits per heavy atom. The van der Waals surface area contributed by atoms with Gasteiger partial charge in [-0.1, -0.05) is 37.6 Å². The zero-order chi connectivity index (χ0) is 25.9. The summed E-state index contributed by atoms with van der Waals surface area (Å²) < 4.78 is 98.4. The summed E-state index contributed by atoms with van der Waals surface area (Å²) in [5.74, 6) is -3.87. The monoisotopic (exact) mass is 512 g/mol. The molecular formula is C27H26F6O3. The second-order valence-corrected chi connectivity index (χ2v) is 8.80. The Hall–Kier alpha value is -2.62. The van der Waals surface area contributed by atoms with Crippen LogP contribution in [0.25, 0.3) is 10.8 Å². The molecule has 3 aromatic carbocycles. The number of hydrogen-bond donors (Lipinski definition) is 0. The zero-order valence-corrected chi connectivity index (χ0v) is 19.6. The molecule has 0 saturated carbocycles. The molecule has 0 spiro atoms. The Bertz CT molecular complexity index is 1180. The lowest BCUT2D eigenvalue weighted by Gasteiger charge is -2.29. The molecule has 0 N–H and O–H groups in total. The van der Waals surface area contributed by atoms with Crippen LogP contribution in [0.1, 0.15) is 48.3 Å².